The number of rotatable bonds is 11. The number of imidazole rings is 2. The van der Waals surface area contributed by atoms with Crippen molar-refractivity contribution in [2.24, 2.45) is 23.7 Å². The number of H-pyrrole nitrogens is 2. The highest BCUT2D eigenvalue weighted by Gasteiger charge is 2.40. The molecule has 1 fully saturated rings. The van der Waals surface area contributed by atoms with Gasteiger partial charge in [-0.15, -0.1) is 0 Å². The van der Waals surface area contributed by atoms with Gasteiger partial charge in [0.2, 0.25) is 11.8 Å². The minimum Gasteiger partial charge on any atom is -0.453 e. The minimum atomic E-state index is -4.74. The Bertz CT molecular complexity index is 2070. The SMILES string of the molecule is COC(=O)NC(C(=O)N(Cc1ncc(C#Cc2ccc(C#Cc3cnc(C4CC(C)CN4C(=O)C(NC(=O)OC)C(C)C)[nH]3)cc2C(F)(F)F)[nH]1)CC(C)C)C(C)C. The summed E-state index contributed by atoms with van der Waals surface area (Å²) in [6.45, 7) is 14.0. The fourth-order valence-electron chi connectivity index (χ4n) is 6.49. The third kappa shape index (κ3) is 11.8. The molecule has 14 nitrogen and oxygen atoms in total. The number of aromatic nitrogens is 4. The Hall–Kier alpha value is -5.97. The van der Waals surface area contributed by atoms with E-state index in [2.05, 4.69) is 59.0 Å². The van der Waals surface area contributed by atoms with Crippen LogP contribution in [-0.2, 0) is 31.8 Å². The molecule has 1 saturated heterocycles. The zero-order chi connectivity index (χ0) is 42.9. The molecule has 4 amide bonds. The van der Waals surface area contributed by atoms with E-state index in [1.54, 1.807) is 23.6 Å². The summed E-state index contributed by atoms with van der Waals surface area (Å²) in [7, 11) is 2.44. The van der Waals surface area contributed by atoms with Crippen molar-refractivity contribution in [3.63, 3.8) is 0 Å². The molecule has 312 valence electrons. The number of benzene rings is 1. The van der Waals surface area contributed by atoms with Gasteiger partial charge in [0, 0.05) is 24.2 Å². The molecule has 3 heterocycles. The molecule has 0 saturated carbocycles. The van der Waals surface area contributed by atoms with Crippen LogP contribution in [0.1, 0.15) is 101 Å². The molecule has 4 N–H and O–H groups in total. The fourth-order valence-corrected chi connectivity index (χ4v) is 6.49. The Morgan fingerprint density at radius 1 is 0.897 bits per heavy atom. The molecule has 1 aliphatic heterocycles. The van der Waals surface area contributed by atoms with Gasteiger partial charge in [-0.25, -0.2) is 19.6 Å². The van der Waals surface area contributed by atoms with Gasteiger partial charge in [-0.1, -0.05) is 60.3 Å². The number of hydrogen-bond donors (Lipinski definition) is 4. The summed E-state index contributed by atoms with van der Waals surface area (Å²) < 4.78 is 52.3. The Morgan fingerprint density at radius 2 is 1.50 bits per heavy atom. The van der Waals surface area contributed by atoms with Crippen LogP contribution in [0.4, 0.5) is 22.8 Å². The van der Waals surface area contributed by atoms with Gasteiger partial charge in [0.15, 0.2) is 0 Å². The molecular formula is C41H51F3N8O6. The van der Waals surface area contributed by atoms with Crippen LogP contribution in [0.25, 0.3) is 0 Å². The summed E-state index contributed by atoms with van der Waals surface area (Å²) >= 11 is 0. The van der Waals surface area contributed by atoms with E-state index in [0.29, 0.717) is 36.9 Å². The molecule has 1 aliphatic rings. The maximum absolute atomic E-state index is 14.3. The molecule has 3 aromatic rings. The third-order valence-electron chi connectivity index (χ3n) is 9.35. The molecular weight excluding hydrogens is 757 g/mol. The number of alkyl carbamates (subject to hydrolysis) is 2. The first-order valence-electron chi connectivity index (χ1n) is 18.9. The quantitative estimate of drug-likeness (QED) is 0.181. The van der Waals surface area contributed by atoms with Crippen LogP contribution < -0.4 is 10.6 Å². The van der Waals surface area contributed by atoms with Crippen molar-refractivity contribution in [1.29, 1.82) is 0 Å². The molecule has 17 heteroatoms. The van der Waals surface area contributed by atoms with Crippen molar-refractivity contribution in [1.82, 2.24) is 40.4 Å². The molecule has 0 aliphatic carbocycles. The standard InChI is InChI=1S/C41H51F3N8O6/c1-23(2)20-51(37(53)34(24(3)4)49-39(55)57-8)22-33-45-18-29(47-33)15-13-28-12-10-27(17-31(28)41(42,43)44)11-14-30-19-46-36(48-30)32-16-26(7)21-52(32)38(54)35(25(5)6)50-40(56)58-9/h10,12,17-19,23-26,32,34-35H,16,20-22H2,1-9H3,(H,45,47)(H,46,48)(H,49,55)(H,50,56). The summed E-state index contributed by atoms with van der Waals surface area (Å²) in [5.74, 6) is 10.9. The predicted molar refractivity (Wildman–Crippen MR) is 207 cm³/mol. The summed E-state index contributed by atoms with van der Waals surface area (Å²) in [4.78, 5) is 69.0. The van der Waals surface area contributed by atoms with Gasteiger partial charge in [-0.2, -0.15) is 13.2 Å². The van der Waals surface area contributed by atoms with E-state index in [1.165, 1.54) is 38.7 Å². The van der Waals surface area contributed by atoms with E-state index < -0.39 is 42.1 Å². The largest absolute Gasteiger partial charge is 0.453 e. The maximum atomic E-state index is 14.3. The minimum absolute atomic E-state index is 0.0487. The lowest BCUT2D eigenvalue weighted by Gasteiger charge is -2.30. The molecule has 4 unspecified atom stereocenters. The lowest BCUT2D eigenvalue weighted by atomic mass is 10.0. The van der Waals surface area contributed by atoms with Crippen molar-refractivity contribution in [3.05, 3.63) is 70.3 Å². The van der Waals surface area contributed by atoms with Crippen molar-refractivity contribution in [2.45, 2.75) is 85.7 Å². The number of carbonyl (C=O) groups is 4. The van der Waals surface area contributed by atoms with E-state index >= 15 is 0 Å². The maximum Gasteiger partial charge on any atom is 0.417 e. The predicted octanol–water partition coefficient (Wildman–Crippen LogP) is 5.61. The summed E-state index contributed by atoms with van der Waals surface area (Å²) in [5.41, 5.74) is -0.573. The summed E-state index contributed by atoms with van der Waals surface area (Å²) in [6.07, 6.45) is -2.74. The van der Waals surface area contributed by atoms with Crippen LogP contribution in [-0.4, -0.2) is 93.1 Å². The molecule has 4 rings (SSSR count). The second-order valence-electron chi connectivity index (χ2n) is 15.4. The molecule has 0 radical (unpaired) electrons. The summed E-state index contributed by atoms with van der Waals surface area (Å²) in [5, 5.41) is 5.19. The number of ether oxygens (including phenoxy) is 2. The monoisotopic (exact) mass is 808 g/mol. The number of methoxy groups -OCH3 is 2. The van der Waals surface area contributed by atoms with Gasteiger partial charge in [0.05, 0.1) is 44.8 Å². The van der Waals surface area contributed by atoms with Crippen LogP contribution in [0.3, 0.4) is 0 Å². The van der Waals surface area contributed by atoms with Crippen molar-refractivity contribution < 1.29 is 41.8 Å². The van der Waals surface area contributed by atoms with Crippen LogP contribution in [0, 0.1) is 47.4 Å². The lowest BCUT2D eigenvalue weighted by molar-refractivity contribution is -0.138. The average Bonchev–Trinajstić information content (AvgIpc) is 3.92. The van der Waals surface area contributed by atoms with E-state index in [4.69, 9.17) is 4.74 Å². The summed E-state index contributed by atoms with van der Waals surface area (Å²) in [6, 6.07) is 1.52. The Balaban J connectivity index is 1.52. The molecule has 1 aromatic carbocycles. The topological polar surface area (TPSA) is 175 Å². The first-order chi connectivity index (χ1) is 27.3. The van der Waals surface area contributed by atoms with Gasteiger partial charge in [-0.05, 0) is 60.1 Å². The highest BCUT2D eigenvalue weighted by Crippen LogP contribution is 2.35. The number of aromatic amines is 2. The first-order valence-corrected chi connectivity index (χ1v) is 18.9. The zero-order valence-corrected chi connectivity index (χ0v) is 34.1. The number of hydrogen-bond acceptors (Lipinski definition) is 8. The number of amides is 4. The first kappa shape index (κ1) is 44.7. The smallest absolute Gasteiger partial charge is 0.417 e. The molecule has 4 atom stereocenters. The van der Waals surface area contributed by atoms with Gasteiger partial charge < -0.3 is 39.9 Å². The molecule has 2 aromatic heterocycles. The number of halogens is 3. The number of nitrogens with zero attached hydrogens (tertiary/aromatic N) is 4. The van der Waals surface area contributed by atoms with E-state index in [1.807, 2.05) is 34.6 Å². The van der Waals surface area contributed by atoms with Crippen LogP contribution in [0.15, 0.2) is 30.6 Å². The second-order valence-corrected chi connectivity index (χ2v) is 15.4. The number of nitrogens with one attached hydrogen (secondary N) is 4. The Morgan fingerprint density at radius 3 is 2.10 bits per heavy atom. The van der Waals surface area contributed by atoms with Crippen LogP contribution in [0.5, 0.6) is 0 Å². The van der Waals surface area contributed by atoms with E-state index in [9.17, 15) is 32.3 Å². The average molecular weight is 809 g/mol. The lowest BCUT2D eigenvalue weighted by Crippen LogP contribution is -2.51. The third-order valence-corrected chi connectivity index (χ3v) is 9.35. The van der Waals surface area contributed by atoms with Gasteiger partial charge >= 0.3 is 18.4 Å². The molecule has 0 bridgehead atoms. The van der Waals surface area contributed by atoms with E-state index in [0.717, 1.165) is 6.07 Å². The van der Waals surface area contributed by atoms with Crippen molar-refractivity contribution >= 4 is 24.0 Å². The van der Waals surface area contributed by atoms with Crippen LogP contribution >= 0.6 is 0 Å². The second kappa shape index (κ2) is 19.5. The van der Waals surface area contributed by atoms with Gasteiger partial charge in [0.25, 0.3) is 0 Å². The normalized spacial score (nSPS) is 16.2. The van der Waals surface area contributed by atoms with Gasteiger partial charge in [0.1, 0.15) is 35.1 Å². The Kier molecular flexibility index (Phi) is 15.0. The zero-order valence-electron chi connectivity index (χ0n) is 34.1. The fraction of sp³-hybridized carbons (Fsp3) is 0.512. The van der Waals surface area contributed by atoms with E-state index in [-0.39, 0.29) is 58.9 Å². The Labute approximate surface area is 336 Å². The highest BCUT2D eigenvalue weighted by molar-refractivity contribution is 5.87. The number of likely N-dealkylation sites (tertiary alicyclic amines) is 1. The molecule has 0 spiro atoms. The number of alkyl halides is 3. The van der Waals surface area contributed by atoms with Crippen molar-refractivity contribution in [3.8, 4) is 23.7 Å². The van der Waals surface area contributed by atoms with Crippen molar-refractivity contribution in [2.75, 3.05) is 27.3 Å². The highest BCUT2D eigenvalue weighted by atomic mass is 19.4. The van der Waals surface area contributed by atoms with Gasteiger partial charge in [-0.3, -0.25) is 9.59 Å². The van der Waals surface area contributed by atoms with Crippen LogP contribution in [0.2, 0.25) is 0 Å². The molecule has 58 heavy (non-hydrogen) atoms. The number of carbonyl (C=O) groups excluding carboxylic acids is 4.